The van der Waals surface area contributed by atoms with Crippen molar-refractivity contribution in [3.05, 3.63) is 15.9 Å². The number of hydrogen-bond donors (Lipinski definition) is 1. The molecule has 1 aromatic rings. The van der Waals surface area contributed by atoms with Gasteiger partial charge in [0.15, 0.2) is 0 Å². The number of anilines is 1. The lowest BCUT2D eigenvalue weighted by molar-refractivity contribution is -0.388. The fourth-order valence-corrected chi connectivity index (χ4v) is 2.77. The summed E-state index contributed by atoms with van der Waals surface area (Å²) in [6.07, 6.45) is 3.63. The Labute approximate surface area is 112 Å². The average molecular weight is 268 g/mol. The van der Waals surface area contributed by atoms with Gasteiger partial charge in [-0.2, -0.15) is 0 Å². The standard InChI is InChI=1S/C12H20N4O3/c1-9-13-11(16(18)19)12(14(9)2)15-7-3-5-10(15)6-4-8-17/h10,17H,3-8H2,1-2H3. The van der Waals surface area contributed by atoms with Crippen LogP contribution in [0.5, 0.6) is 0 Å². The maximum absolute atomic E-state index is 11.1. The van der Waals surface area contributed by atoms with Gasteiger partial charge in [-0.15, -0.1) is 0 Å². The molecule has 1 aliphatic heterocycles. The second-order valence-electron chi connectivity index (χ2n) is 4.98. The molecule has 0 saturated carbocycles. The summed E-state index contributed by atoms with van der Waals surface area (Å²) >= 11 is 0. The van der Waals surface area contributed by atoms with E-state index in [0.717, 1.165) is 32.2 Å². The van der Waals surface area contributed by atoms with Crippen molar-refractivity contribution >= 4 is 11.6 Å². The van der Waals surface area contributed by atoms with Gasteiger partial charge in [0.25, 0.3) is 0 Å². The lowest BCUT2D eigenvalue weighted by Gasteiger charge is -2.25. The van der Waals surface area contributed by atoms with Crippen LogP contribution in [0, 0.1) is 17.0 Å². The minimum absolute atomic E-state index is 0.0594. The third-order valence-corrected chi connectivity index (χ3v) is 3.79. The molecule has 0 radical (unpaired) electrons. The Morgan fingerprint density at radius 2 is 2.32 bits per heavy atom. The highest BCUT2D eigenvalue weighted by Crippen LogP contribution is 2.34. The first-order valence-electron chi connectivity index (χ1n) is 6.61. The number of aliphatic hydroxyl groups is 1. The molecule has 106 valence electrons. The molecule has 1 saturated heterocycles. The first kappa shape index (κ1) is 13.8. The van der Waals surface area contributed by atoms with Gasteiger partial charge in [0, 0.05) is 33.2 Å². The molecule has 1 N–H and O–H groups in total. The van der Waals surface area contributed by atoms with Crippen LogP contribution >= 0.6 is 0 Å². The molecule has 1 unspecified atom stereocenters. The fraction of sp³-hybridized carbons (Fsp3) is 0.750. The Hall–Kier alpha value is -1.63. The molecule has 19 heavy (non-hydrogen) atoms. The van der Waals surface area contributed by atoms with E-state index < -0.39 is 4.92 Å². The molecule has 2 heterocycles. The molecule has 1 fully saturated rings. The van der Waals surface area contributed by atoms with E-state index >= 15 is 0 Å². The summed E-state index contributed by atoms with van der Waals surface area (Å²) in [4.78, 5) is 16.8. The number of hydrogen-bond acceptors (Lipinski definition) is 5. The first-order chi connectivity index (χ1) is 9.06. The second kappa shape index (κ2) is 5.56. The summed E-state index contributed by atoms with van der Waals surface area (Å²) in [5.74, 6) is 1.19. The van der Waals surface area contributed by atoms with E-state index in [0.29, 0.717) is 11.6 Å². The summed E-state index contributed by atoms with van der Waals surface area (Å²) in [5.41, 5.74) is 0. The number of aliphatic hydroxyl groups excluding tert-OH is 1. The molecule has 0 spiro atoms. The van der Waals surface area contributed by atoms with Gasteiger partial charge in [0.05, 0.1) is 0 Å². The number of aromatic nitrogens is 2. The van der Waals surface area contributed by atoms with Gasteiger partial charge in [0.2, 0.25) is 11.6 Å². The van der Waals surface area contributed by atoms with Crippen molar-refractivity contribution in [2.24, 2.45) is 7.05 Å². The maximum atomic E-state index is 11.1. The molecule has 1 aromatic heterocycles. The van der Waals surface area contributed by atoms with Gasteiger partial charge < -0.3 is 20.1 Å². The Morgan fingerprint density at radius 3 is 2.95 bits per heavy atom. The number of imidazole rings is 1. The molecule has 1 aliphatic rings. The van der Waals surface area contributed by atoms with Gasteiger partial charge in [-0.3, -0.25) is 4.57 Å². The Kier molecular flexibility index (Phi) is 4.04. The van der Waals surface area contributed by atoms with Crippen molar-refractivity contribution in [1.29, 1.82) is 0 Å². The minimum Gasteiger partial charge on any atom is -0.396 e. The number of nitro groups is 1. The van der Waals surface area contributed by atoms with E-state index in [1.165, 1.54) is 0 Å². The van der Waals surface area contributed by atoms with Crippen LogP contribution in [-0.4, -0.2) is 38.8 Å². The minimum atomic E-state index is -0.413. The molecule has 0 bridgehead atoms. The molecule has 0 aliphatic carbocycles. The largest absolute Gasteiger partial charge is 0.406 e. The molecule has 0 aromatic carbocycles. The van der Waals surface area contributed by atoms with Crippen LogP contribution < -0.4 is 4.90 Å². The van der Waals surface area contributed by atoms with Crippen molar-refractivity contribution in [2.45, 2.75) is 38.6 Å². The van der Waals surface area contributed by atoms with Gasteiger partial charge >= 0.3 is 5.82 Å². The third kappa shape index (κ3) is 2.56. The van der Waals surface area contributed by atoms with E-state index in [9.17, 15) is 10.1 Å². The van der Waals surface area contributed by atoms with Crippen LogP contribution in [0.4, 0.5) is 11.6 Å². The molecule has 7 heteroatoms. The molecule has 7 nitrogen and oxygen atoms in total. The summed E-state index contributed by atoms with van der Waals surface area (Å²) in [5, 5.41) is 20.1. The Bertz CT molecular complexity index is 472. The topological polar surface area (TPSA) is 84.4 Å². The lowest BCUT2D eigenvalue weighted by atomic mass is 10.1. The monoisotopic (exact) mass is 268 g/mol. The number of rotatable bonds is 5. The summed E-state index contributed by atoms with van der Waals surface area (Å²) < 4.78 is 1.79. The summed E-state index contributed by atoms with van der Waals surface area (Å²) in [6, 6.07) is 0.264. The maximum Gasteiger partial charge on any atom is 0.406 e. The SMILES string of the molecule is Cc1nc([N+](=O)[O-])c(N2CCCC2CCCO)n1C. The third-order valence-electron chi connectivity index (χ3n) is 3.79. The zero-order chi connectivity index (χ0) is 14.0. The van der Waals surface area contributed by atoms with E-state index in [-0.39, 0.29) is 18.5 Å². The van der Waals surface area contributed by atoms with Gasteiger partial charge in [0.1, 0.15) is 0 Å². The molecule has 0 amide bonds. The van der Waals surface area contributed by atoms with Crippen LogP contribution in [0.2, 0.25) is 0 Å². The van der Waals surface area contributed by atoms with Gasteiger partial charge in [-0.05, 0) is 35.6 Å². The van der Waals surface area contributed by atoms with Gasteiger partial charge in [-0.25, -0.2) is 0 Å². The zero-order valence-corrected chi connectivity index (χ0v) is 11.4. The fourth-order valence-electron chi connectivity index (χ4n) is 2.77. The van der Waals surface area contributed by atoms with Crippen LogP contribution in [0.15, 0.2) is 0 Å². The molecule has 1 atom stereocenters. The van der Waals surface area contributed by atoms with Crippen molar-refractivity contribution in [1.82, 2.24) is 9.55 Å². The van der Waals surface area contributed by atoms with E-state index in [4.69, 9.17) is 5.11 Å². The van der Waals surface area contributed by atoms with Crippen molar-refractivity contribution < 1.29 is 10.0 Å². The van der Waals surface area contributed by atoms with Gasteiger partial charge in [-0.1, -0.05) is 0 Å². The predicted molar refractivity (Wildman–Crippen MR) is 71.3 cm³/mol. The first-order valence-corrected chi connectivity index (χ1v) is 6.61. The van der Waals surface area contributed by atoms with Crippen molar-refractivity contribution in [3.8, 4) is 0 Å². The smallest absolute Gasteiger partial charge is 0.396 e. The molecular formula is C12H20N4O3. The molecule has 2 rings (SSSR count). The highest BCUT2D eigenvalue weighted by atomic mass is 16.6. The van der Waals surface area contributed by atoms with Crippen molar-refractivity contribution in [3.63, 3.8) is 0 Å². The normalized spacial score (nSPS) is 19.1. The van der Waals surface area contributed by atoms with E-state index in [1.54, 1.807) is 11.5 Å². The van der Waals surface area contributed by atoms with Crippen LogP contribution in [0.25, 0.3) is 0 Å². The van der Waals surface area contributed by atoms with Crippen LogP contribution in [0.1, 0.15) is 31.5 Å². The summed E-state index contributed by atoms with van der Waals surface area (Å²) in [7, 11) is 1.81. The highest BCUT2D eigenvalue weighted by Gasteiger charge is 2.34. The molecular weight excluding hydrogens is 248 g/mol. The zero-order valence-electron chi connectivity index (χ0n) is 11.4. The van der Waals surface area contributed by atoms with E-state index in [2.05, 4.69) is 9.88 Å². The van der Waals surface area contributed by atoms with Crippen LogP contribution in [0.3, 0.4) is 0 Å². The average Bonchev–Trinajstić information content (AvgIpc) is 2.93. The Balaban J connectivity index is 2.32. The van der Waals surface area contributed by atoms with E-state index in [1.807, 2.05) is 7.05 Å². The summed E-state index contributed by atoms with van der Waals surface area (Å²) in [6.45, 7) is 2.75. The quantitative estimate of drug-likeness (QED) is 0.644. The van der Waals surface area contributed by atoms with Crippen molar-refractivity contribution in [2.75, 3.05) is 18.1 Å². The number of aryl methyl sites for hydroxylation is 1. The lowest BCUT2D eigenvalue weighted by Crippen LogP contribution is -2.31. The predicted octanol–water partition coefficient (Wildman–Crippen LogP) is 1.38. The number of nitrogens with zero attached hydrogens (tertiary/aromatic N) is 4. The van der Waals surface area contributed by atoms with Crippen LogP contribution in [-0.2, 0) is 7.05 Å². The Morgan fingerprint density at radius 1 is 1.58 bits per heavy atom. The second-order valence-corrected chi connectivity index (χ2v) is 4.98. The highest BCUT2D eigenvalue weighted by molar-refractivity contribution is 5.57.